The molecule has 1 aromatic rings. The van der Waals surface area contributed by atoms with Crippen LogP contribution in [0.25, 0.3) is 0 Å². The first-order chi connectivity index (χ1) is 7.65. The van der Waals surface area contributed by atoms with Gasteiger partial charge in [-0.1, -0.05) is 0 Å². The number of carbonyl (C=O) groups excluding carboxylic acids is 1. The molecule has 0 saturated carbocycles. The fraction of sp³-hybridized carbons (Fsp3) is 0.400. The summed E-state index contributed by atoms with van der Waals surface area (Å²) in [6, 6.07) is 4.99. The fourth-order valence-corrected chi connectivity index (χ4v) is 1.18. The number of hydrogen-bond acceptors (Lipinski definition) is 3. The van der Waals surface area contributed by atoms with Gasteiger partial charge in [-0.05, 0) is 12.1 Å². The Hall–Kier alpha value is -1.90. The minimum atomic E-state index is -3.06. The van der Waals surface area contributed by atoms with Gasteiger partial charge in [-0.15, -0.1) is 0 Å². The van der Waals surface area contributed by atoms with Gasteiger partial charge < -0.3 is 9.32 Å². The number of amides is 1. The van der Waals surface area contributed by atoms with Crippen molar-refractivity contribution in [3.05, 3.63) is 24.2 Å². The van der Waals surface area contributed by atoms with Crippen LogP contribution in [0.1, 0.15) is 12.2 Å². The summed E-state index contributed by atoms with van der Waals surface area (Å²) in [5, 5.41) is 8.36. The lowest BCUT2D eigenvalue weighted by molar-refractivity contribution is -0.143. The van der Waals surface area contributed by atoms with Gasteiger partial charge in [-0.3, -0.25) is 4.79 Å². The van der Waals surface area contributed by atoms with Crippen LogP contribution in [0, 0.1) is 11.3 Å². The van der Waals surface area contributed by atoms with Gasteiger partial charge in [-0.2, -0.15) is 14.0 Å². The minimum Gasteiger partial charge on any atom is -0.467 e. The van der Waals surface area contributed by atoms with E-state index in [9.17, 15) is 13.6 Å². The van der Waals surface area contributed by atoms with Crippen LogP contribution < -0.4 is 0 Å². The van der Waals surface area contributed by atoms with E-state index in [4.69, 9.17) is 9.68 Å². The molecular formula is C10H10F2N2O2. The molecule has 4 nitrogen and oxygen atoms in total. The van der Waals surface area contributed by atoms with Gasteiger partial charge in [0.25, 0.3) is 5.91 Å². The Kier molecular flexibility index (Phi) is 4.45. The highest BCUT2D eigenvalue weighted by Crippen LogP contribution is 2.09. The molecule has 1 amide bonds. The Morgan fingerprint density at radius 3 is 2.88 bits per heavy atom. The topological polar surface area (TPSA) is 57.2 Å². The first-order valence-corrected chi connectivity index (χ1v) is 4.61. The van der Waals surface area contributed by atoms with Gasteiger partial charge in [-0.25, -0.2) is 0 Å². The highest BCUT2D eigenvalue weighted by molar-refractivity contribution is 5.79. The highest BCUT2D eigenvalue weighted by Gasteiger charge is 2.23. The molecule has 0 aromatic carbocycles. The van der Waals surface area contributed by atoms with Crippen molar-refractivity contribution >= 4 is 5.91 Å². The van der Waals surface area contributed by atoms with Crippen molar-refractivity contribution in [2.75, 3.05) is 6.54 Å². The van der Waals surface area contributed by atoms with Gasteiger partial charge in [0.05, 0.1) is 25.3 Å². The van der Waals surface area contributed by atoms with Crippen LogP contribution in [-0.4, -0.2) is 23.8 Å². The van der Waals surface area contributed by atoms with E-state index in [0.29, 0.717) is 5.76 Å². The molecule has 1 aromatic heterocycles. The monoisotopic (exact) mass is 228 g/mol. The van der Waals surface area contributed by atoms with Crippen LogP contribution >= 0.6 is 0 Å². The lowest BCUT2D eigenvalue weighted by Gasteiger charge is -2.19. The van der Waals surface area contributed by atoms with Crippen LogP contribution in [0.4, 0.5) is 8.78 Å². The maximum absolute atomic E-state index is 12.2. The maximum atomic E-state index is 12.2. The molecule has 16 heavy (non-hydrogen) atoms. The van der Waals surface area contributed by atoms with Gasteiger partial charge in [0, 0.05) is 6.54 Å². The van der Waals surface area contributed by atoms with E-state index < -0.39 is 12.3 Å². The van der Waals surface area contributed by atoms with E-state index in [-0.39, 0.29) is 19.5 Å². The Balaban J connectivity index is 2.64. The molecule has 0 aliphatic heterocycles. The number of halogens is 2. The SMILES string of the molecule is N#CCCN(Cc1ccco1)C(=O)C(F)F. The zero-order valence-electron chi connectivity index (χ0n) is 8.40. The van der Waals surface area contributed by atoms with Crippen LogP contribution in [-0.2, 0) is 11.3 Å². The van der Waals surface area contributed by atoms with Crippen molar-refractivity contribution in [3.63, 3.8) is 0 Å². The number of alkyl halides is 2. The zero-order valence-corrected chi connectivity index (χ0v) is 8.40. The van der Waals surface area contributed by atoms with Crippen molar-refractivity contribution in [1.82, 2.24) is 4.90 Å². The second kappa shape index (κ2) is 5.85. The van der Waals surface area contributed by atoms with E-state index in [1.807, 2.05) is 0 Å². The Bertz CT molecular complexity index is 371. The van der Waals surface area contributed by atoms with E-state index in [1.54, 1.807) is 18.2 Å². The minimum absolute atomic E-state index is 0.0131. The largest absolute Gasteiger partial charge is 0.467 e. The third kappa shape index (κ3) is 3.35. The molecule has 0 spiro atoms. The number of nitrogens with zero attached hydrogens (tertiary/aromatic N) is 2. The summed E-state index contributed by atoms with van der Waals surface area (Å²) in [7, 11) is 0. The summed E-state index contributed by atoms with van der Waals surface area (Å²) in [6.45, 7) is -0.0712. The highest BCUT2D eigenvalue weighted by atomic mass is 19.3. The van der Waals surface area contributed by atoms with E-state index in [0.717, 1.165) is 4.90 Å². The molecule has 1 rings (SSSR count). The predicted octanol–water partition coefficient (Wildman–Crippen LogP) is 1.79. The molecule has 0 aliphatic carbocycles. The molecule has 0 aliphatic rings. The molecule has 86 valence electrons. The molecule has 0 bridgehead atoms. The van der Waals surface area contributed by atoms with E-state index in [1.165, 1.54) is 6.26 Å². The first-order valence-electron chi connectivity index (χ1n) is 4.61. The van der Waals surface area contributed by atoms with Crippen LogP contribution in [0.15, 0.2) is 22.8 Å². The number of carbonyl (C=O) groups is 1. The van der Waals surface area contributed by atoms with Crippen LogP contribution in [0.3, 0.4) is 0 Å². The second-order valence-electron chi connectivity index (χ2n) is 3.05. The van der Waals surface area contributed by atoms with Crippen molar-refractivity contribution in [3.8, 4) is 6.07 Å². The van der Waals surface area contributed by atoms with E-state index in [2.05, 4.69) is 0 Å². The Morgan fingerprint density at radius 2 is 2.38 bits per heavy atom. The van der Waals surface area contributed by atoms with Crippen LogP contribution in [0.5, 0.6) is 0 Å². The molecule has 0 unspecified atom stereocenters. The molecule has 0 fully saturated rings. The maximum Gasteiger partial charge on any atom is 0.315 e. The van der Waals surface area contributed by atoms with Gasteiger partial charge in [0.1, 0.15) is 5.76 Å². The van der Waals surface area contributed by atoms with Gasteiger partial charge in [0.15, 0.2) is 0 Å². The summed E-state index contributed by atoms with van der Waals surface area (Å²) in [6.07, 6.45) is -1.65. The van der Waals surface area contributed by atoms with Crippen molar-refractivity contribution < 1.29 is 18.0 Å². The van der Waals surface area contributed by atoms with Crippen molar-refractivity contribution in [2.45, 2.75) is 19.4 Å². The number of nitriles is 1. The summed E-state index contributed by atoms with van der Waals surface area (Å²) in [5.41, 5.74) is 0. The average Bonchev–Trinajstić information content (AvgIpc) is 2.75. The van der Waals surface area contributed by atoms with E-state index >= 15 is 0 Å². The summed E-state index contributed by atoms with van der Waals surface area (Å²) in [4.78, 5) is 12.0. The molecule has 0 N–H and O–H groups in total. The summed E-state index contributed by atoms with van der Waals surface area (Å²) < 4.78 is 29.4. The summed E-state index contributed by atoms with van der Waals surface area (Å²) in [5.74, 6) is -0.876. The molecule has 0 atom stereocenters. The lowest BCUT2D eigenvalue weighted by atomic mass is 10.3. The zero-order chi connectivity index (χ0) is 12.0. The molecule has 0 saturated heterocycles. The number of hydrogen-bond donors (Lipinski definition) is 0. The third-order valence-electron chi connectivity index (χ3n) is 1.92. The molecule has 6 heteroatoms. The molecule has 1 heterocycles. The predicted molar refractivity (Wildman–Crippen MR) is 50.4 cm³/mol. The first kappa shape index (κ1) is 12.2. The number of furan rings is 1. The lowest BCUT2D eigenvalue weighted by Crippen LogP contribution is -2.35. The normalized spacial score (nSPS) is 10.1. The molecule has 0 radical (unpaired) electrons. The molecular weight excluding hydrogens is 218 g/mol. The van der Waals surface area contributed by atoms with Crippen molar-refractivity contribution in [1.29, 1.82) is 5.26 Å². The standard InChI is InChI=1S/C10H10F2N2O2/c11-9(12)10(15)14(5-2-4-13)7-8-3-1-6-16-8/h1,3,6,9H,2,5,7H2. The number of rotatable bonds is 5. The Morgan fingerprint density at radius 1 is 1.62 bits per heavy atom. The smallest absolute Gasteiger partial charge is 0.315 e. The van der Waals surface area contributed by atoms with Gasteiger partial charge >= 0.3 is 6.43 Å². The average molecular weight is 228 g/mol. The second-order valence-corrected chi connectivity index (χ2v) is 3.05. The third-order valence-corrected chi connectivity index (χ3v) is 1.92. The fourth-order valence-electron chi connectivity index (χ4n) is 1.18. The quantitative estimate of drug-likeness (QED) is 0.771. The summed E-state index contributed by atoms with van der Waals surface area (Å²) >= 11 is 0. The van der Waals surface area contributed by atoms with Gasteiger partial charge in [0.2, 0.25) is 0 Å². The van der Waals surface area contributed by atoms with Crippen molar-refractivity contribution in [2.24, 2.45) is 0 Å². The Labute approximate surface area is 91.1 Å². The van der Waals surface area contributed by atoms with Crippen LogP contribution in [0.2, 0.25) is 0 Å².